The van der Waals surface area contributed by atoms with E-state index in [-0.39, 0.29) is 17.9 Å². The Hall–Kier alpha value is -0.570. The monoisotopic (exact) mass is 282 g/mol. The smallest absolute Gasteiger partial charge is 0.222 e. The van der Waals surface area contributed by atoms with Crippen molar-refractivity contribution in [3.8, 4) is 0 Å². The average Bonchev–Trinajstić information content (AvgIpc) is 2.44. The van der Waals surface area contributed by atoms with Gasteiger partial charge in [-0.3, -0.25) is 4.79 Å². The lowest BCUT2D eigenvalue weighted by molar-refractivity contribution is -0.125. The number of hydrogen-bond acceptors (Lipinski definition) is 2. The molecule has 1 aliphatic rings. The van der Waals surface area contributed by atoms with Crippen LogP contribution in [0.2, 0.25) is 0 Å². The number of carbonyl (C=O) groups excluding carboxylic acids is 1. The lowest BCUT2D eigenvalue weighted by Crippen LogP contribution is -2.34. The first-order valence-corrected chi connectivity index (χ1v) is 8.56. The van der Waals surface area contributed by atoms with Gasteiger partial charge in [-0.25, -0.2) is 0 Å². The first kappa shape index (κ1) is 17.5. The Morgan fingerprint density at radius 3 is 2.30 bits per heavy atom. The van der Waals surface area contributed by atoms with Crippen LogP contribution < -0.4 is 11.1 Å². The highest BCUT2D eigenvalue weighted by molar-refractivity contribution is 5.78. The molecule has 3 N–H and O–H groups in total. The molecule has 0 radical (unpaired) electrons. The molecule has 1 rings (SSSR count). The SMILES string of the molecule is CCC1CCC(CNC(=O)C(C)CCCC(C)N)CC1. The molecule has 1 saturated carbocycles. The minimum absolute atomic E-state index is 0.126. The molecule has 2 unspecified atom stereocenters. The van der Waals surface area contributed by atoms with Crippen molar-refractivity contribution in [1.82, 2.24) is 5.32 Å². The fourth-order valence-corrected chi connectivity index (χ4v) is 3.14. The van der Waals surface area contributed by atoms with E-state index in [1.54, 1.807) is 0 Å². The van der Waals surface area contributed by atoms with Gasteiger partial charge in [-0.1, -0.05) is 39.5 Å². The van der Waals surface area contributed by atoms with Crippen molar-refractivity contribution in [1.29, 1.82) is 0 Å². The summed E-state index contributed by atoms with van der Waals surface area (Å²) in [5, 5.41) is 3.15. The summed E-state index contributed by atoms with van der Waals surface area (Å²) in [4.78, 5) is 12.0. The van der Waals surface area contributed by atoms with E-state index < -0.39 is 0 Å². The molecule has 0 bridgehead atoms. The minimum Gasteiger partial charge on any atom is -0.356 e. The van der Waals surface area contributed by atoms with E-state index in [0.29, 0.717) is 5.92 Å². The molecule has 1 amide bonds. The molecule has 20 heavy (non-hydrogen) atoms. The second kappa shape index (κ2) is 9.38. The number of nitrogens with two attached hydrogens (primary N) is 1. The highest BCUT2D eigenvalue weighted by atomic mass is 16.1. The van der Waals surface area contributed by atoms with E-state index in [1.165, 1.54) is 32.1 Å². The molecule has 1 fully saturated rings. The average molecular weight is 282 g/mol. The van der Waals surface area contributed by atoms with Gasteiger partial charge in [0, 0.05) is 18.5 Å². The summed E-state index contributed by atoms with van der Waals surface area (Å²) in [6, 6.07) is 0.249. The zero-order valence-corrected chi connectivity index (χ0v) is 13.7. The molecule has 0 aromatic rings. The zero-order valence-electron chi connectivity index (χ0n) is 13.7. The van der Waals surface area contributed by atoms with Gasteiger partial charge in [-0.05, 0) is 44.4 Å². The van der Waals surface area contributed by atoms with Crippen LogP contribution in [-0.2, 0) is 4.79 Å². The van der Waals surface area contributed by atoms with E-state index in [9.17, 15) is 4.79 Å². The van der Waals surface area contributed by atoms with Gasteiger partial charge in [-0.2, -0.15) is 0 Å². The topological polar surface area (TPSA) is 55.1 Å². The summed E-state index contributed by atoms with van der Waals surface area (Å²) in [5.41, 5.74) is 5.73. The van der Waals surface area contributed by atoms with Crippen molar-refractivity contribution in [2.45, 2.75) is 78.2 Å². The van der Waals surface area contributed by atoms with E-state index in [2.05, 4.69) is 12.2 Å². The fraction of sp³-hybridized carbons (Fsp3) is 0.941. The first-order valence-electron chi connectivity index (χ1n) is 8.56. The highest BCUT2D eigenvalue weighted by Crippen LogP contribution is 2.30. The first-order chi connectivity index (χ1) is 9.52. The Morgan fingerprint density at radius 2 is 1.75 bits per heavy atom. The standard InChI is InChI=1S/C17H34N2O/c1-4-15-8-10-16(11-9-15)12-19-17(20)13(2)6-5-7-14(3)18/h13-16H,4-12,18H2,1-3H3,(H,19,20). The van der Waals surface area contributed by atoms with Gasteiger partial charge in [0.1, 0.15) is 0 Å². The predicted molar refractivity (Wildman–Crippen MR) is 85.4 cm³/mol. The Kier molecular flexibility index (Phi) is 8.20. The van der Waals surface area contributed by atoms with Crippen LogP contribution >= 0.6 is 0 Å². The third-order valence-electron chi connectivity index (χ3n) is 4.85. The van der Waals surface area contributed by atoms with Gasteiger partial charge in [0.25, 0.3) is 0 Å². The summed E-state index contributed by atoms with van der Waals surface area (Å²) in [6.07, 6.45) is 9.61. The van der Waals surface area contributed by atoms with Crippen molar-refractivity contribution in [2.75, 3.05) is 6.54 Å². The van der Waals surface area contributed by atoms with Gasteiger partial charge in [0.15, 0.2) is 0 Å². The minimum atomic E-state index is 0.126. The van der Waals surface area contributed by atoms with Crippen molar-refractivity contribution >= 4 is 5.91 Å². The van der Waals surface area contributed by atoms with Crippen LogP contribution in [0.3, 0.4) is 0 Å². The van der Waals surface area contributed by atoms with Gasteiger partial charge < -0.3 is 11.1 Å². The van der Waals surface area contributed by atoms with Crippen molar-refractivity contribution in [3.63, 3.8) is 0 Å². The molecule has 0 aliphatic heterocycles. The number of hydrogen-bond donors (Lipinski definition) is 2. The van der Waals surface area contributed by atoms with Gasteiger partial charge in [0.2, 0.25) is 5.91 Å². The molecule has 2 atom stereocenters. The zero-order chi connectivity index (χ0) is 15.0. The second-order valence-electron chi connectivity index (χ2n) is 6.85. The molecule has 3 heteroatoms. The lowest BCUT2D eigenvalue weighted by Gasteiger charge is -2.28. The summed E-state index contributed by atoms with van der Waals surface area (Å²) in [7, 11) is 0. The summed E-state index contributed by atoms with van der Waals surface area (Å²) in [6.45, 7) is 7.23. The lowest BCUT2D eigenvalue weighted by atomic mass is 9.81. The Bertz CT molecular complexity index is 270. The van der Waals surface area contributed by atoms with Crippen LogP contribution in [0.15, 0.2) is 0 Å². The maximum absolute atomic E-state index is 12.0. The highest BCUT2D eigenvalue weighted by Gasteiger charge is 2.21. The predicted octanol–water partition coefficient (Wildman–Crippen LogP) is 3.47. The molecule has 0 spiro atoms. The number of amides is 1. The summed E-state index contributed by atoms with van der Waals surface area (Å²) < 4.78 is 0. The normalized spacial score (nSPS) is 26.0. The maximum Gasteiger partial charge on any atom is 0.222 e. The van der Waals surface area contributed by atoms with Gasteiger partial charge in [0.05, 0.1) is 0 Å². The van der Waals surface area contributed by atoms with Crippen molar-refractivity contribution in [3.05, 3.63) is 0 Å². The van der Waals surface area contributed by atoms with Crippen LogP contribution in [0.1, 0.15) is 72.1 Å². The molecular weight excluding hydrogens is 248 g/mol. The summed E-state index contributed by atoms with van der Waals surface area (Å²) in [5.74, 6) is 1.99. The Balaban J connectivity index is 2.13. The second-order valence-corrected chi connectivity index (χ2v) is 6.85. The number of nitrogens with one attached hydrogen (secondary N) is 1. The fourth-order valence-electron chi connectivity index (χ4n) is 3.14. The number of carbonyl (C=O) groups is 1. The molecular formula is C17H34N2O. The Labute approximate surface area is 125 Å². The van der Waals surface area contributed by atoms with Crippen LogP contribution in [0.4, 0.5) is 0 Å². The van der Waals surface area contributed by atoms with Gasteiger partial charge in [-0.15, -0.1) is 0 Å². The molecule has 1 aliphatic carbocycles. The van der Waals surface area contributed by atoms with E-state index in [0.717, 1.165) is 31.7 Å². The van der Waals surface area contributed by atoms with E-state index in [1.807, 2.05) is 13.8 Å². The van der Waals surface area contributed by atoms with Crippen LogP contribution in [0.25, 0.3) is 0 Å². The molecule has 0 saturated heterocycles. The van der Waals surface area contributed by atoms with E-state index in [4.69, 9.17) is 5.73 Å². The summed E-state index contributed by atoms with van der Waals surface area (Å²) >= 11 is 0. The molecule has 0 heterocycles. The third kappa shape index (κ3) is 6.74. The van der Waals surface area contributed by atoms with Crippen molar-refractivity contribution < 1.29 is 4.79 Å². The van der Waals surface area contributed by atoms with Crippen molar-refractivity contribution in [2.24, 2.45) is 23.5 Å². The molecule has 118 valence electrons. The van der Waals surface area contributed by atoms with E-state index >= 15 is 0 Å². The van der Waals surface area contributed by atoms with Crippen LogP contribution in [0.5, 0.6) is 0 Å². The van der Waals surface area contributed by atoms with Crippen LogP contribution in [0, 0.1) is 17.8 Å². The van der Waals surface area contributed by atoms with Gasteiger partial charge >= 0.3 is 0 Å². The molecule has 0 aromatic carbocycles. The molecule has 3 nitrogen and oxygen atoms in total. The third-order valence-corrected chi connectivity index (χ3v) is 4.85. The largest absolute Gasteiger partial charge is 0.356 e. The quantitative estimate of drug-likeness (QED) is 0.716. The maximum atomic E-state index is 12.0. The molecule has 0 aromatic heterocycles. The number of rotatable bonds is 8. The Morgan fingerprint density at radius 1 is 1.15 bits per heavy atom. The van der Waals surface area contributed by atoms with Crippen LogP contribution in [-0.4, -0.2) is 18.5 Å².